The van der Waals surface area contributed by atoms with Crippen molar-refractivity contribution in [1.29, 1.82) is 0 Å². The zero-order chi connectivity index (χ0) is 27.1. The summed E-state index contributed by atoms with van der Waals surface area (Å²) < 4.78 is 39.0. The molecule has 8 nitrogen and oxygen atoms in total. The molecule has 3 rings (SSSR count). The van der Waals surface area contributed by atoms with Gasteiger partial charge in [-0.25, -0.2) is 13.8 Å². The zero-order valence-electron chi connectivity index (χ0n) is 21.8. The van der Waals surface area contributed by atoms with Gasteiger partial charge in [0, 0.05) is 11.8 Å². The minimum atomic E-state index is -4.12. The molecule has 0 radical (unpaired) electrons. The van der Waals surface area contributed by atoms with Gasteiger partial charge in [0.2, 0.25) is 0 Å². The molecular formula is C28H33N3O5S. The van der Waals surface area contributed by atoms with Crippen LogP contribution in [0, 0.1) is 0 Å². The van der Waals surface area contributed by atoms with Crippen LogP contribution in [0.25, 0.3) is 0 Å². The summed E-state index contributed by atoms with van der Waals surface area (Å²) in [5.74, 6) is 0.0973. The number of sulfonamides is 1. The summed E-state index contributed by atoms with van der Waals surface area (Å²) in [5, 5.41) is 4.25. The van der Waals surface area contributed by atoms with Gasteiger partial charge in [-0.1, -0.05) is 62.4 Å². The maximum absolute atomic E-state index is 13.6. The first-order valence-electron chi connectivity index (χ1n) is 11.8. The van der Waals surface area contributed by atoms with Crippen LogP contribution in [0.2, 0.25) is 0 Å². The van der Waals surface area contributed by atoms with Crippen LogP contribution >= 0.6 is 0 Å². The van der Waals surface area contributed by atoms with Crippen LogP contribution in [0.4, 0.5) is 5.69 Å². The van der Waals surface area contributed by atoms with E-state index in [0.717, 1.165) is 9.87 Å². The number of benzene rings is 3. The van der Waals surface area contributed by atoms with Crippen molar-refractivity contribution in [3.05, 3.63) is 84.4 Å². The van der Waals surface area contributed by atoms with E-state index < -0.39 is 22.5 Å². The molecule has 1 amide bonds. The van der Waals surface area contributed by atoms with Crippen molar-refractivity contribution < 1.29 is 22.7 Å². The van der Waals surface area contributed by atoms with E-state index in [4.69, 9.17) is 9.47 Å². The predicted octanol–water partition coefficient (Wildman–Crippen LogP) is 4.76. The molecule has 0 aliphatic rings. The van der Waals surface area contributed by atoms with Gasteiger partial charge >= 0.3 is 0 Å². The minimum absolute atomic E-state index is 0.0389. The third-order valence-electron chi connectivity index (χ3n) is 5.90. The normalized spacial score (nSPS) is 12.1. The topological polar surface area (TPSA) is 97.3 Å². The molecule has 0 aliphatic carbocycles. The lowest BCUT2D eigenvalue weighted by atomic mass is 9.80. The summed E-state index contributed by atoms with van der Waals surface area (Å²) in [5.41, 5.74) is 4.35. The van der Waals surface area contributed by atoms with Crippen LogP contribution in [0.15, 0.2) is 88.9 Å². The molecular weight excluding hydrogens is 490 g/mol. The Balaban J connectivity index is 1.88. The number of anilines is 1. The molecule has 196 valence electrons. The Kier molecular flexibility index (Phi) is 8.94. The molecule has 0 bridgehead atoms. The summed E-state index contributed by atoms with van der Waals surface area (Å²) in [7, 11) is -1.22. The second-order valence-corrected chi connectivity index (χ2v) is 11.0. The number of hydrogen-bond acceptors (Lipinski definition) is 6. The molecule has 0 aliphatic heterocycles. The summed E-state index contributed by atoms with van der Waals surface area (Å²) in [6.45, 7) is 5.52. The fourth-order valence-electron chi connectivity index (χ4n) is 4.01. The number of rotatable bonds is 11. The number of ether oxygens (including phenoxy) is 2. The van der Waals surface area contributed by atoms with E-state index in [1.165, 1.54) is 32.4 Å². The number of hydrazone groups is 1. The lowest BCUT2D eigenvalue weighted by Crippen LogP contribution is -2.40. The first kappa shape index (κ1) is 27.7. The van der Waals surface area contributed by atoms with Gasteiger partial charge in [-0.15, -0.1) is 0 Å². The third kappa shape index (κ3) is 6.89. The van der Waals surface area contributed by atoms with Crippen molar-refractivity contribution in [2.45, 2.75) is 37.5 Å². The van der Waals surface area contributed by atoms with Gasteiger partial charge in [-0.2, -0.15) is 5.10 Å². The third-order valence-corrected chi connectivity index (χ3v) is 7.67. The van der Waals surface area contributed by atoms with Crippen LogP contribution in [-0.2, 0) is 20.2 Å². The number of carbonyl (C=O) groups is 1. The van der Waals surface area contributed by atoms with Crippen molar-refractivity contribution in [2.24, 2.45) is 5.10 Å². The van der Waals surface area contributed by atoms with Gasteiger partial charge in [-0.3, -0.25) is 9.10 Å². The average molecular weight is 524 g/mol. The van der Waals surface area contributed by atoms with Crippen molar-refractivity contribution in [3.8, 4) is 11.5 Å². The Morgan fingerprint density at radius 1 is 0.946 bits per heavy atom. The largest absolute Gasteiger partial charge is 0.497 e. The van der Waals surface area contributed by atoms with Crippen LogP contribution in [-0.4, -0.2) is 40.8 Å². The van der Waals surface area contributed by atoms with Crippen LogP contribution < -0.4 is 19.2 Å². The highest BCUT2D eigenvalue weighted by molar-refractivity contribution is 7.92. The second-order valence-electron chi connectivity index (χ2n) is 9.17. The summed E-state index contributed by atoms with van der Waals surface area (Å²) >= 11 is 0. The van der Waals surface area contributed by atoms with Crippen LogP contribution in [0.3, 0.4) is 0 Å². The molecule has 0 saturated heterocycles. The minimum Gasteiger partial charge on any atom is -0.497 e. The Morgan fingerprint density at radius 2 is 1.57 bits per heavy atom. The predicted molar refractivity (Wildman–Crippen MR) is 146 cm³/mol. The molecule has 9 heteroatoms. The van der Waals surface area contributed by atoms with Gasteiger partial charge in [0.25, 0.3) is 15.9 Å². The quantitative estimate of drug-likeness (QED) is 0.289. The number of carbonyl (C=O) groups excluding carboxylic acids is 1. The number of amides is 1. The molecule has 0 aromatic heterocycles. The highest BCUT2D eigenvalue weighted by Gasteiger charge is 2.30. The first-order valence-corrected chi connectivity index (χ1v) is 13.2. The lowest BCUT2D eigenvalue weighted by molar-refractivity contribution is -0.119. The molecule has 0 atom stereocenters. The van der Waals surface area contributed by atoms with E-state index in [1.807, 2.05) is 25.1 Å². The van der Waals surface area contributed by atoms with Gasteiger partial charge in [0.1, 0.15) is 18.0 Å². The van der Waals surface area contributed by atoms with Crippen LogP contribution in [0.1, 0.15) is 32.8 Å². The van der Waals surface area contributed by atoms with Crippen molar-refractivity contribution in [1.82, 2.24) is 5.43 Å². The Hall–Kier alpha value is -3.85. The van der Waals surface area contributed by atoms with E-state index in [2.05, 4.69) is 36.5 Å². The smallest absolute Gasteiger partial charge is 0.264 e. The molecule has 1 N–H and O–H groups in total. The fourth-order valence-corrected chi connectivity index (χ4v) is 5.45. The number of nitrogens with one attached hydrogen (secondary N) is 1. The Bertz CT molecular complexity index is 1340. The van der Waals surface area contributed by atoms with Gasteiger partial charge < -0.3 is 9.47 Å². The van der Waals surface area contributed by atoms with Crippen molar-refractivity contribution in [2.75, 3.05) is 25.1 Å². The summed E-state index contributed by atoms with van der Waals surface area (Å²) in [6, 6.07) is 22.7. The number of nitrogens with zero attached hydrogens (tertiary/aromatic N) is 2. The van der Waals surface area contributed by atoms with Crippen LogP contribution in [0.5, 0.6) is 11.5 Å². The molecule has 3 aromatic rings. The first-order chi connectivity index (χ1) is 17.6. The number of hydrogen-bond donors (Lipinski definition) is 1. The SMILES string of the molecule is COc1ccc(OC)c(N(CC(=O)N/N=C(/C)CC(C)(C)c2ccccc2)S(=O)(=O)c2ccccc2)c1. The van der Waals surface area contributed by atoms with E-state index in [9.17, 15) is 13.2 Å². The standard InChI is InChI=1S/C28H33N3O5S/c1-21(19-28(2,3)22-12-8-6-9-13-22)29-30-27(32)20-31(37(33,34)24-14-10-7-11-15-24)25-18-23(35-4)16-17-26(25)36-5/h6-18H,19-20H2,1-5H3,(H,30,32)/b29-21-. The molecule has 37 heavy (non-hydrogen) atoms. The molecule has 0 heterocycles. The average Bonchev–Trinajstić information content (AvgIpc) is 2.91. The van der Waals surface area contributed by atoms with E-state index in [-0.39, 0.29) is 21.7 Å². The summed E-state index contributed by atoms with van der Waals surface area (Å²) in [6.07, 6.45) is 0.604. The van der Waals surface area contributed by atoms with Gasteiger partial charge in [-0.05, 0) is 48.6 Å². The van der Waals surface area contributed by atoms with Crippen molar-refractivity contribution in [3.63, 3.8) is 0 Å². The van der Waals surface area contributed by atoms with E-state index in [1.54, 1.807) is 30.3 Å². The monoisotopic (exact) mass is 523 g/mol. The second kappa shape index (κ2) is 11.9. The maximum Gasteiger partial charge on any atom is 0.264 e. The van der Waals surface area contributed by atoms with Gasteiger partial charge in [0.05, 0.1) is 24.8 Å². The Labute approximate surface area is 219 Å². The lowest BCUT2D eigenvalue weighted by Gasteiger charge is -2.26. The van der Waals surface area contributed by atoms with Crippen molar-refractivity contribution >= 4 is 27.3 Å². The highest BCUT2D eigenvalue weighted by atomic mass is 32.2. The number of methoxy groups -OCH3 is 2. The molecule has 0 spiro atoms. The molecule has 3 aromatic carbocycles. The summed E-state index contributed by atoms with van der Waals surface area (Å²) in [4.78, 5) is 13.0. The molecule has 0 fully saturated rings. The molecule has 0 unspecified atom stereocenters. The Morgan fingerprint density at radius 3 is 2.16 bits per heavy atom. The van der Waals surface area contributed by atoms with E-state index >= 15 is 0 Å². The molecule has 0 saturated carbocycles. The zero-order valence-corrected chi connectivity index (χ0v) is 22.6. The maximum atomic E-state index is 13.6. The van der Waals surface area contributed by atoms with E-state index in [0.29, 0.717) is 17.9 Å². The highest BCUT2D eigenvalue weighted by Crippen LogP contribution is 2.35. The fraction of sp³-hybridized carbons (Fsp3) is 0.286. The van der Waals surface area contributed by atoms with Gasteiger partial charge in [0.15, 0.2) is 0 Å².